The van der Waals surface area contributed by atoms with E-state index in [9.17, 15) is 4.79 Å². The number of nitrogens with one attached hydrogen (secondary N) is 1. The van der Waals surface area contributed by atoms with Crippen molar-refractivity contribution in [3.63, 3.8) is 0 Å². The van der Waals surface area contributed by atoms with Gasteiger partial charge in [-0.15, -0.1) is 0 Å². The predicted octanol–water partition coefficient (Wildman–Crippen LogP) is -0.321. The lowest BCUT2D eigenvalue weighted by atomic mass is 10.3. The van der Waals surface area contributed by atoms with Crippen LogP contribution in [0.5, 0.6) is 0 Å². The number of aromatic amines is 1. The first-order chi connectivity index (χ1) is 10.6. The molecule has 3 N–H and O–H groups in total. The zero-order valence-electron chi connectivity index (χ0n) is 12.7. The Labute approximate surface area is 128 Å². The first kappa shape index (κ1) is 14.6. The molecule has 0 radical (unpaired) electrons. The van der Waals surface area contributed by atoms with Crippen LogP contribution in [0.15, 0.2) is 23.1 Å². The molecule has 0 saturated carbocycles. The van der Waals surface area contributed by atoms with E-state index in [2.05, 4.69) is 24.9 Å². The third-order valence-electron chi connectivity index (χ3n) is 3.86. The Hall–Kier alpha value is -2.35. The Morgan fingerprint density at radius 3 is 2.68 bits per heavy atom. The van der Waals surface area contributed by atoms with Crippen LogP contribution in [0, 0.1) is 6.92 Å². The van der Waals surface area contributed by atoms with Gasteiger partial charge in [0.15, 0.2) is 0 Å². The quantitative estimate of drug-likeness (QED) is 0.803. The van der Waals surface area contributed by atoms with E-state index in [1.807, 2.05) is 23.9 Å². The molecule has 0 unspecified atom stereocenters. The van der Waals surface area contributed by atoms with E-state index in [1.54, 1.807) is 0 Å². The summed E-state index contributed by atoms with van der Waals surface area (Å²) in [5.74, 6) is 0.822. The third-order valence-corrected chi connectivity index (χ3v) is 3.86. The molecule has 2 aromatic rings. The Balaban J connectivity index is 1.52. The highest BCUT2D eigenvalue weighted by Crippen LogP contribution is 2.12. The zero-order valence-corrected chi connectivity index (χ0v) is 12.7. The van der Waals surface area contributed by atoms with Gasteiger partial charge in [0.05, 0.1) is 12.2 Å². The van der Waals surface area contributed by atoms with Crippen LogP contribution < -0.4 is 16.2 Å². The Morgan fingerprint density at radius 1 is 1.27 bits per heavy atom. The number of H-pyrrole nitrogens is 1. The fraction of sp³-hybridized carbons (Fsp3) is 0.500. The number of nitrogen functional groups attached to an aromatic ring is 1. The summed E-state index contributed by atoms with van der Waals surface area (Å²) in [6.07, 6.45) is 2.01. The summed E-state index contributed by atoms with van der Waals surface area (Å²) in [6.45, 7) is 7.42. The zero-order chi connectivity index (χ0) is 15.5. The van der Waals surface area contributed by atoms with Crippen LogP contribution in [0.3, 0.4) is 0 Å². The van der Waals surface area contributed by atoms with Crippen molar-refractivity contribution in [2.45, 2.75) is 13.5 Å². The van der Waals surface area contributed by atoms with Gasteiger partial charge < -0.3 is 10.6 Å². The Morgan fingerprint density at radius 2 is 2.05 bits per heavy atom. The summed E-state index contributed by atoms with van der Waals surface area (Å²) < 4.78 is 1.97. The first-order valence-electron chi connectivity index (χ1n) is 7.44. The number of rotatable bonds is 4. The van der Waals surface area contributed by atoms with E-state index in [1.165, 1.54) is 6.07 Å². The molecule has 0 aliphatic carbocycles. The summed E-state index contributed by atoms with van der Waals surface area (Å²) in [5, 5.41) is 4.39. The van der Waals surface area contributed by atoms with Crippen LogP contribution in [0.2, 0.25) is 0 Å². The van der Waals surface area contributed by atoms with Gasteiger partial charge in [-0.3, -0.25) is 19.4 Å². The fourth-order valence-electron chi connectivity index (χ4n) is 2.66. The maximum atomic E-state index is 11.5. The fourth-order valence-corrected chi connectivity index (χ4v) is 2.66. The lowest BCUT2D eigenvalue weighted by molar-refractivity contribution is 0.244. The summed E-state index contributed by atoms with van der Waals surface area (Å²) in [5.41, 5.74) is 6.43. The molecule has 0 bridgehead atoms. The average molecular weight is 303 g/mol. The number of piperazine rings is 1. The second kappa shape index (κ2) is 6.18. The van der Waals surface area contributed by atoms with E-state index in [4.69, 9.17) is 5.73 Å². The van der Waals surface area contributed by atoms with Gasteiger partial charge in [-0.1, -0.05) is 0 Å². The normalized spacial score (nSPS) is 16.1. The van der Waals surface area contributed by atoms with Crippen molar-refractivity contribution in [1.29, 1.82) is 0 Å². The lowest BCUT2D eigenvalue weighted by Crippen LogP contribution is -2.47. The molecule has 0 atom stereocenters. The summed E-state index contributed by atoms with van der Waals surface area (Å²) >= 11 is 0. The standard InChI is InChI=1S/C14H21N7O/c1-11-2-3-21(18-11)9-6-19-4-7-20(8-5-19)12-10-13(22)17-14(15)16-12/h2-3,10H,4-9H2,1H3,(H3,15,16,17,22). The molecule has 0 spiro atoms. The molecular weight excluding hydrogens is 282 g/mol. The molecule has 1 fully saturated rings. The monoisotopic (exact) mass is 303 g/mol. The second-order valence-electron chi connectivity index (χ2n) is 5.54. The molecule has 8 heteroatoms. The molecule has 1 saturated heterocycles. The van der Waals surface area contributed by atoms with Gasteiger partial charge in [-0.05, 0) is 13.0 Å². The Bertz CT molecular complexity index is 684. The predicted molar refractivity (Wildman–Crippen MR) is 84.9 cm³/mol. The number of hydrogen-bond donors (Lipinski definition) is 2. The number of nitrogens with zero attached hydrogens (tertiary/aromatic N) is 5. The molecule has 0 aromatic carbocycles. The van der Waals surface area contributed by atoms with Crippen LogP contribution in [-0.2, 0) is 6.54 Å². The van der Waals surface area contributed by atoms with Crippen LogP contribution in [0.4, 0.5) is 11.8 Å². The summed E-state index contributed by atoms with van der Waals surface area (Å²) in [6, 6.07) is 3.51. The van der Waals surface area contributed by atoms with Crippen molar-refractivity contribution in [3.8, 4) is 0 Å². The van der Waals surface area contributed by atoms with Gasteiger partial charge in [0.2, 0.25) is 5.95 Å². The van der Waals surface area contributed by atoms with Crippen molar-refractivity contribution in [2.24, 2.45) is 0 Å². The van der Waals surface area contributed by atoms with Gasteiger partial charge in [0, 0.05) is 45.0 Å². The maximum absolute atomic E-state index is 11.5. The number of hydrogen-bond acceptors (Lipinski definition) is 6. The minimum Gasteiger partial charge on any atom is -0.369 e. The molecule has 22 heavy (non-hydrogen) atoms. The number of nitrogens with two attached hydrogens (primary N) is 1. The van der Waals surface area contributed by atoms with Crippen LogP contribution in [0.1, 0.15) is 5.69 Å². The van der Waals surface area contributed by atoms with Gasteiger partial charge in [-0.2, -0.15) is 10.1 Å². The van der Waals surface area contributed by atoms with Crippen molar-refractivity contribution in [2.75, 3.05) is 43.4 Å². The maximum Gasteiger partial charge on any atom is 0.254 e. The topological polar surface area (TPSA) is 96.1 Å². The van der Waals surface area contributed by atoms with Gasteiger partial charge in [-0.25, -0.2) is 0 Å². The van der Waals surface area contributed by atoms with Gasteiger partial charge in [0.1, 0.15) is 5.82 Å². The lowest BCUT2D eigenvalue weighted by Gasteiger charge is -2.35. The Kier molecular flexibility index (Phi) is 4.10. The second-order valence-corrected chi connectivity index (χ2v) is 5.54. The molecular formula is C14H21N7O. The molecule has 1 aliphatic heterocycles. The average Bonchev–Trinajstić information content (AvgIpc) is 2.90. The molecule has 3 rings (SSSR count). The van der Waals surface area contributed by atoms with Gasteiger partial charge in [0.25, 0.3) is 5.56 Å². The van der Waals surface area contributed by atoms with E-state index >= 15 is 0 Å². The molecule has 3 heterocycles. The highest BCUT2D eigenvalue weighted by molar-refractivity contribution is 5.41. The minimum atomic E-state index is -0.209. The van der Waals surface area contributed by atoms with Crippen molar-refractivity contribution < 1.29 is 0 Å². The SMILES string of the molecule is Cc1ccn(CCN2CCN(c3cc(=O)[nH]c(N)n3)CC2)n1. The van der Waals surface area contributed by atoms with Crippen molar-refractivity contribution in [1.82, 2.24) is 24.6 Å². The smallest absolute Gasteiger partial charge is 0.254 e. The largest absolute Gasteiger partial charge is 0.369 e. The first-order valence-corrected chi connectivity index (χ1v) is 7.44. The van der Waals surface area contributed by atoms with E-state index < -0.39 is 0 Å². The van der Waals surface area contributed by atoms with Crippen LogP contribution >= 0.6 is 0 Å². The van der Waals surface area contributed by atoms with E-state index in [0.717, 1.165) is 45.0 Å². The molecule has 8 nitrogen and oxygen atoms in total. The summed E-state index contributed by atoms with van der Waals surface area (Å²) in [7, 11) is 0. The van der Waals surface area contributed by atoms with Crippen molar-refractivity contribution in [3.05, 3.63) is 34.4 Å². The van der Waals surface area contributed by atoms with E-state index in [-0.39, 0.29) is 11.5 Å². The minimum absolute atomic E-state index is 0.166. The third kappa shape index (κ3) is 3.45. The number of aryl methyl sites for hydroxylation is 1. The highest BCUT2D eigenvalue weighted by Gasteiger charge is 2.18. The number of aromatic nitrogens is 4. The van der Waals surface area contributed by atoms with Crippen LogP contribution in [0.25, 0.3) is 0 Å². The number of anilines is 2. The van der Waals surface area contributed by atoms with Gasteiger partial charge >= 0.3 is 0 Å². The van der Waals surface area contributed by atoms with Crippen molar-refractivity contribution >= 4 is 11.8 Å². The highest BCUT2D eigenvalue weighted by atomic mass is 16.1. The summed E-state index contributed by atoms with van der Waals surface area (Å²) in [4.78, 5) is 22.6. The molecule has 118 valence electrons. The molecule has 0 amide bonds. The molecule has 1 aliphatic rings. The van der Waals surface area contributed by atoms with E-state index in [0.29, 0.717) is 5.82 Å². The van der Waals surface area contributed by atoms with Crippen LogP contribution in [-0.4, -0.2) is 57.4 Å². The molecule has 2 aromatic heterocycles.